The Kier molecular flexibility index (Phi) is 5.13. The van der Waals surface area contributed by atoms with Gasteiger partial charge in [0.15, 0.2) is 0 Å². The number of rotatable bonds is 5. The summed E-state index contributed by atoms with van der Waals surface area (Å²) in [6.07, 6.45) is 0.413. The van der Waals surface area contributed by atoms with E-state index in [0.29, 0.717) is 13.0 Å². The summed E-state index contributed by atoms with van der Waals surface area (Å²) in [5.74, 6) is -0.221. The number of likely N-dealkylation sites (tertiary alicyclic amines) is 1. The van der Waals surface area contributed by atoms with Gasteiger partial charge in [0.1, 0.15) is 6.61 Å². The Hall–Kier alpha value is -2.12. The second-order valence-corrected chi connectivity index (χ2v) is 5.39. The van der Waals surface area contributed by atoms with Crippen LogP contribution in [0.1, 0.15) is 18.9 Å². The summed E-state index contributed by atoms with van der Waals surface area (Å²) in [4.78, 5) is 13.3. The lowest BCUT2D eigenvalue weighted by atomic mass is 9.94. The van der Waals surface area contributed by atoms with Crippen LogP contribution in [0.25, 0.3) is 0 Å². The lowest BCUT2D eigenvalue weighted by Gasteiger charge is -2.26. The molecule has 2 atom stereocenters. The van der Waals surface area contributed by atoms with Crippen LogP contribution in [0.2, 0.25) is 0 Å². The van der Waals surface area contributed by atoms with Crippen molar-refractivity contribution in [2.45, 2.75) is 25.9 Å². The number of benzene rings is 1. The van der Waals surface area contributed by atoms with Crippen molar-refractivity contribution in [3.63, 3.8) is 0 Å². The van der Waals surface area contributed by atoms with Gasteiger partial charge in [-0.05, 0) is 5.56 Å². The number of esters is 1. The van der Waals surface area contributed by atoms with Crippen LogP contribution >= 0.6 is 0 Å². The SMILES string of the molecule is C=C1CN(Cc2ccccc2)[C@@H](COC(C)=O)[C@@H]1CC#N. The van der Waals surface area contributed by atoms with Gasteiger partial charge in [-0.15, -0.1) is 0 Å². The molecule has 1 aliphatic rings. The summed E-state index contributed by atoms with van der Waals surface area (Å²) in [6, 6.07) is 12.4. The normalized spacial score (nSPS) is 22.0. The van der Waals surface area contributed by atoms with Crippen molar-refractivity contribution in [3.05, 3.63) is 48.0 Å². The zero-order chi connectivity index (χ0) is 15.2. The Morgan fingerprint density at radius 1 is 1.48 bits per heavy atom. The van der Waals surface area contributed by atoms with E-state index in [1.165, 1.54) is 12.5 Å². The van der Waals surface area contributed by atoms with Gasteiger partial charge in [-0.25, -0.2) is 0 Å². The highest BCUT2D eigenvalue weighted by atomic mass is 16.5. The topological polar surface area (TPSA) is 53.3 Å². The third-order valence-corrected chi connectivity index (χ3v) is 3.86. The van der Waals surface area contributed by atoms with Crippen molar-refractivity contribution in [2.75, 3.05) is 13.2 Å². The van der Waals surface area contributed by atoms with E-state index in [1.54, 1.807) is 0 Å². The first-order chi connectivity index (χ1) is 10.1. The van der Waals surface area contributed by atoms with E-state index in [4.69, 9.17) is 10.00 Å². The van der Waals surface area contributed by atoms with E-state index in [9.17, 15) is 4.79 Å². The van der Waals surface area contributed by atoms with Crippen LogP contribution in [0.4, 0.5) is 0 Å². The maximum absolute atomic E-state index is 11.1. The Labute approximate surface area is 125 Å². The van der Waals surface area contributed by atoms with Crippen molar-refractivity contribution >= 4 is 5.97 Å². The van der Waals surface area contributed by atoms with Crippen LogP contribution in [-0.4, -0.2) is 30.1 Å². The van der Waals surface area contributed by atoms with Gasteiger partial charge in [0, 0.05) is 32.4 Å². The molecule has 21 heavy (non-hydrogen) atoms. The van der Waals surface area contributed by atoms with Gasteiger partial charge in [-0.1, -0.05) is 42.5 Å². The van der Waals surface area contributed by atoms with Crippen molar-refractivity contribution in [1.29, 1.82) is 5.26 Å². The molecular formula is C17H20N2O2. The Morgan fingerprint density at radius 3 is 2.81 bits per heavy atom. The van der Waals surface area contributed by atoms with E-state index < -0.39 is 0 Å². The predicted molar refractivity (Wildman–Crippen MR) is 80.1 cm³/mol. The Bertz CT molecular complexity index is 548. The van der Waals surface area contributed by atoms with Crippen molar-refractivity contribution in [3.8, 4) is 6.07 Å². The highest BCUT2D eigenvalue weighted by Gasteiger charge is 2.37. The standard InChI is InChI=1S/C17H20N2O2/c1-13-10-19(11-15-6-4-3-5-7-15)17(12-21-14(2)20)16(13)8-9-18/h3-7,16-17H,1,8,10-12H2,2H3/t16-,17+/m1/s1. The maximum atomic E-state index is 11.1. The molecule has 0 spiro atoms. The molecule has 0 aromatic heterocycles. The summed E-state index contributed by atoms with van der Waals surface area (Å²) < 4.78 is 5.19. The average Bonchev–Trinajstić information content (AvgIpc) is 2.74. The van der Waals surface area contributed by atoms with Crippen LogP contribution in [0.3, 0.4) is 0 Å². The summed E-state index contributed by atoms with van der Waals surface area (Å²) in [6.45, 7) is 7.33. The second kappa shape index (κ2) is 7.05. The molecule has 0 radical (unpaired) electrons. The van der Waals surface area contributed by atoms with E-state index in [0.717, 1.165) is 18.7 Å². The van der Waals surface area contributed by atoms with Crippen LogP contribution in [0.5, 0.6) is 0 Å². The number of carbonyl (C=O) groups is 1. The molecule has 1 heterocycles. The minimum Gasteiger partial charge on any atom is -0.464 e. The third-order valence-electron chi connectivity index (χ3n) is 3.86. The van der Waals surface area contributed by atoms with Crippen molar-refractivity contribution < 1.29 is 9.53 Å². The largest absolute Gasteiger partial charge is 0.464 e. The van der Waals surface area contributed by atoms with Gasteiger partial charge in [-0.3, -0.25) is 9.69 Å². The molecule has 0 bridgehead atoms. The third kappa shape index (κ3) is 3.93. The van der Waals surface area contributed by atoms with Crippen molar-refractivity contribution in [1.82, 2.24) is 4.90 Å². The molecular weight excluding hydrogens is 264 g/mol. The quantitative estimate of drug-likeness (QED) is 0.616. The molecule has 0 aliphatic carbocycles. The van der Waals surface area contributed by atoms with Crippen LogP contribution < -0.4 is 0 Å². The van der Waals surface area contributed by atoms with E-state index in [2.05, 4.69) is 29.7 Å². The molecule has 1 saturated heterocycles. The number of hydrogen-bond acceptors (Lipinski definition) is 4. The van der Waals surface area contributed by atoms with E-state index in [1.807, 2.05) is 18.2 Å². The lowest BCUT2D eigenvalue weighted by Crippen LogP contribution is -2.36. The molecule has 4 nitrogen and oxygen atoms in total. The zero-order valence-corrected chi connectivity index (χ0v) is 12.3. The fourth-order valence-electron chi connectivity index (χ4n) is 2.82. The fourth-order valence-corrected chi connectivity index (χ4v) is 2.82. The van der Waals surface area contributed by atoms with Gasteiger partial charge in [0.25, 0.3) is 0 Å². The Morgan fingerprint density at radius 2 is 2.19 bits per heavy atom. The van der Waals surface area contributed by atoms with Crippen LogP contribution in [-0.2, 0) is 16.1 Å². The highest BCUT2D eigenvalue weighted by Crippen LogP contribution is 2.32. The molecule has 1 aromatic rings. The summed E-state index contributed by atoms with van der Waals surface area (Å²) in [7, 11) is 0. The van der Waals surface area contributed by atoms with Gasteiger partial charge >= 0.3 is 5.97 Å². The summed E-state index contributed by atoms with van der Waals surface area (Å²) in [5, 5.41) is 9.00. The molecule has 2 rings (SSSR count). The van der Waals surface area contributed by atoms with Gasteiger partial charge in [0.2, 0.25) is 0 Å². The number of carbonyl (C=O) groups excluding carboxylic acids is 1. The minimum absolute atomic E-state index is 0.0289. The molecule has 0 amide bonds. The number of ether oxygens (including phenoxy) is 1. The monoisotopic (exact) mass is 284 g/mol. The maximum Gasteiger partial charge on any atom is 0.302 e. The van der Waals surface area contributed by atoms with Gasteiger partial charge < -0.3 is 4.74 Å². The van der Waals surface area contributed by atoms with Crippen LogP contribution in [0.15, 0.2) is 42.5 Å². The van der Waals surface area contributed by atoms with E-state index >= 15 is 0 Å². The first-order valence-electron chi connectivity index (χ1n) is 7.07. The van der Waals surface area contributed by atoms with Crippen molar-refractivity contribution in [2.24, 2.45) is 5.92 Å². The smallest absolute Gasteiger partial charge is 0.302 e. The summed E-state index contributed by atoms with van der Waals surface area (Å²) >= 11 is 0. The average molecular weight is 284 g/mol. The Balaban J connectivity index is 2.12. The molecule has 0 N–H and O–H groups in total. The van der Waals surface area contributed by atoms with Gasteiger partial charge in [0.05, 0.1) is 12.1 Å². The number of nitriles is 1. The first kappa shape index (κ1) is 15.3. The molecule has 1 fully saturated rings. The van der Waals surface area contributed by atoms with Gasteiger partial charge in [-0.2, -0.15) is 5.26 Å². The number of nitrogens with zero attached hydrogens (tertiary/aromatic N) is 2. The van der Waals surface area contributed by atoms with Crippen LogP contribution in [0, 0.1) is 17.2 Å². The molecule has 0 unspecified atom stereocenters. The number of hydrogen-bond donors (Lipinski definition) is 0. The molecule has 1 aliphatic heterocycles. The minimum atomic E-state index is -0.289. The molecule has 110 valence electrons. The van der Waals surface area contributed by atoms with E-state index in [-0.39, 0.29) is 17.9 Å². The molecule has 1 aromatic carbocycles. The lowest BCUT2D eigenvalue weighted by molar-refractivity contribution is -0.142. The molecule has 4 heteroatoms. The molecule has 0 saturated carbocycles. The highest BCUT2D eigenvalue weighted by molar-refractivity contribution is 5.65. The first-order valence-corrected chi connectivity index (χ1v) is 7.07. The second-order valence-electron chi connectivity index (χ2n) is 5.39. The summed E-state index contributed by atoms with van der Waals surface area (Å²) in [5.41, 5.74) is 2.25. The zero-order valence-electron chi connectivity index (χ0n) is 12.3. The fraction of sp³-hybridized carbons (Fsp3) is 0.412. The predicted octanol–water partition coefficient (Wildman–Crippen LogP) is 2.52.